The zero-order chi connectivity index (χ0) is 14.5. The number of carbonyl (C=O) groups excluding carboxylic acids is 1. The highest BCUT2D eigenvalue weighted by Crippen LogP contribution is 2.31. The molecule has 6 heteroatoms. The van der Waals surface area contributed by atoms with Crippen molar-refractivity contribution in [1.82, 2.24) is 10.3 Å². The fourth-order valence-electron chi connectivity index (χ4n) is 2.07. The van der Waals surface area contributed by atoms with Crippen LogP contribution < -0.4 is 11.1 Å². The summed E-state index contributed by atoms with van der Waals surface area (Å²) in [6.45, 7) is 2.74. The third-order valence-electron chi connectivity index (χ3n) is 3.35. The number of pyridine rings is 1. The molecule has 0 aromatic carbocycles. The Bertz CT molecular complexity index is 597. The van der Waals surface area contributed by atoms with E-state index in [0.717, 1.165) is 11.1 Å². The SMILES string of the molecule is CCC(CCO)CNC(=O)c1sc2cccnc2c1N. The van der Waals surface area contributed by atoms with Gasteiger partial charge >= 0.3 is 0 Å². The summed E-state index contributed by atoms with van der Waals surface area (Å²) in [7, 11) is 0. The van der Waals surface area contributed by atoms with Crippen LogP contribution >= 0.6 is 11.3 Å². The minimum Gasteiger partial charge on any atom is -0.396 e. The van der Waals surface area contributed by atoms with Crippen LogP contribution in [0, 0.1) is 5.92 Å². The van der Waals surface area contributed by atoms with Crippen LogP contribution in [0.3, 0.4) is 0 Å². The molecule has 0 spiro atoms. The van der Waals surface area contributed by atoms with Gasteiger partial charge in [0.25, 0.3) is 5.91 Å². The Morgan fingerprint density at radius 1 is 1.60 bits per heavy atom. The Labute approximate surface area is 121 Å². The largest absolute Gasteiger partial charge is 0.396 e. The van der Waals surface area contributed by atoms with Crippen molar-refractivity contribution in [3.8, 4) is 0 Å². The predicted octanol–water partition coefficient (Wildman–Crippen LogP) is 2.02. The highest BCUT2D eigenvalue weighted by molar-refractivity contribution is 7.21. The predicted molar refractivity (Wildman–Crippen MR) is 81.8 cm³/mol. The van der Waals surface area contributed by atoms with Crippen molar-refractivity contribution in [2.45, 2.75) is 19.8 Å². The molecule has 5 nitrogen and oxygen atoms in total. The van der Waals surface area contributed by atoms with Crippen LogP contribution in [0.4, 0.5) is 5.69 Å². The number of nitrogens with zero attached hydrogens (tertiary/aromatic N) is 1. The fraction of sp³-hybridized carbons (Fsp3) is 0.429. The lowest BCUT2D eigenvalue weighted by molar-refractivity contribution is 0.0948. The standard InChI is InChI=1S/C14H19N3O2S/c1-2-9(5-7-18)8-17-14(19)13-11(15)12-10(20-13)4-3-6-16-12/h3-4,6,9,18H,2,5,7-8,15H2,1H3,(H,17,19). The summed E-state index contributed by atoms with van der Waals surface area (Å²) in [6.07, 6.45) is 3.28. The first-order chi connectivity index (χ1) is 9.67. The Balaban J connectivity index is 2.09. The molecular formula is C14H19N3O2S. The van der Waals surface area contributed by atoms with Gasteiger partial charge in [-0.3, -0.25) is 9.78 Å². The van der Waals surface area contributed by atoms with E-state index in [1.807, 2.05) is 19.1 Å². The molecule has 0 saturated carbocycles. The second-order valence-corrected chi connectivity index (χ2v) is 5.74. The second kappa shape index (κ2) is 6.67. The first kappa shape index (κ1) is 14.7. The van der Waals surface area contributed by atoms with Gasteiger partial charge in [-0.25, -0.2) is 0 Å². The molecule has 2 aromatic heterocycles. The van der Waals surface area contributed by atoms with Crippen LogP contribution in [-0.4, -0.2) is 29.1 Å². The van der Waals surface area contributed by atoms with Crippen molar-refractivity contribution in [3.05, 3.63) is 23.2 Å². The van der Waals surface area contributed by atoms with Gasteiger partial charge in [0, 0.05) is 19.3 Å². The van der Waals surface area contributed by atoms with Crippen molar-refractivity contribution >= 4 is 33.1 Å². The van der Waals surface area contributed by atoms with Crippen molar-refractivity contribution in [1.29, 1.82) is 0 Å². The molecule has 0 radical (unpaired) electrons. The molecule has 1 unspecified atom stereocenters. The molecule has 2 heterocycles. The summed E-state index contributed by atoms with van der Waals surface area (Å²) >= 11 is 1.36. The number of hydrogen-bond acceptors (Lipinski definition) is 5. The molecule has 20 heavy (non-hydrogen) atoms. The number of rotatable bonds is 6. The summed E-state index contributed by atoms with van der Waals surface area (Å²) in [4.78, 5) is 16.9. The maximum atomic E-state index is 12.2. The topological polar surface area (TPSA) is 88.2 Å². The minimum absolute atomic E-state index is 0.142. The van der Waals surface area contributed by atoms with E-state index >= 15 is 0 Å². The van der Waals surface area contributed by atoms with Crippen LogP contribution in [0.2, 0.25) is 0 Å². The number of anilines is 1. The molecule has 0 fully saturated rings. The molecule has 1 atom stereocenters. The van der Waals surface area contributed by atoms with Gasteiger partial charge in [-0.15, -0.1) is 11.3 Å². The van der Waals surface area contributed by atoms with Gasteiger partial charge in [-0.1, -0.05) is 13.3 Å². The maximum absolute atomic E-state index is 12.2. The Kier molecular flexibility index (Phi) is 4.92. The van der Waals surface area contributed by atoms with E-state index < -0.39 is 0 Å². The van der Waals surface area contributed by atoms with Crippen LogP contribution in [0.1, 0.15) is 29.4 Å². The number of fused-ring (bicyclic) bond motifs is 1. The molecule has 108 valence electrons. The van der Waals surface area contributed by atoms with Gasteiger partial charge in [0.2, 0.25) is 0 Å². The van der Waals surface area contributed by atoms with Crippen LogP contribution in [0.15, 0.2) is 18.3 Å². The van der Waals surface area contributed by atoms with E-state index in [2.05, 4.69) is 10.3 Å². The number of amides is 1. The average Bonchev–Trinajstić information content (AvgIpc) is 2.81. The summed E-state index contributed by atoms with van der Waals surface area (Å²) in [5.41, 5.74) is 7.11. The zero-order valence-corrected chi connectivity index (χ0v) is 12.2. The normalized spacial score (nSPS) is 12.5. The molecule has 0 aliphatic heterocycles. The number of nitrogen functional groups attached to an aromatic ring is 1. The number of hydrogen-bond donors (Lipinski definition) is 3. The first-order valence-corrected chi connectivity index (χ1v) is 7.51. The van der Waals surface area contributed by atoms with Crippen molar-refractivity contribution in [2.75, 3.05) is 18.9 Å². The molecule has 0 aliphatic rings. The molecule has 0 aliphatic carbocycles. The summed E-state index contributed by atoms with van der Waals surface area (Å²) in [5.74, 6) is 0.125. The van der Waals surface area contributed by atoms with Gasteiger partial charge in [-0.2, -0.15) is 0 Å². The number of thiophene rings is 1. The minimum atomic E-state index is -0.165. The summed E-state index contributed by atoms with van der Waals surface area (Å²) < 4.78 is 0.914. The first-order valence-electron chi connectivity index (χ1n) is 6.69. The molecule has 0 bridgehead atoms. The fourth-order valence-corrected chi connectivity index (χ4v) is 3.06. The maximum Gasteiger partial charge on any atom is 0.263 e. The Morgan fingerprint density at radius 2 is 2.40 bits per heavy atom. The van der Waals surface area contributed by atoms with Crippen molar-refractivity contribution < 1.29 is 9.90 Å². The number of carbonyl (C=O) groups is 1. The van der Waals surface area contributed by atoms with E-state index in [1.165, 1.54) is 11.3 Å². The number of nitrogens with two attached hydrogens (primary N) is 1. The smallest absolute Gasteiger partial charge is 0.263 e. The number of aliphatic hydroxyl groups is 1. The molecule has 1 amide bonds. The van der Waals surface area contributed by atoms with Gasteiger partial charge in [0.15, 0.2) is 0 Å². The van der Waals surface area contributed by atoms with Crippen LogP contribution in [0.5, 0.6) is 0 Å². The van der Waals surface area contributed by atoms with E-state index in [0.29, 0.717) is 29.0 Å². The van der Waals surface area contributed by atoms with Crippen LogP contribution in [0.25, 0.3) is 10.2 Å². The number of nitrogens with one attached hydrogen (secondary N) is 1. The Morgan fingerprint density at radius 3 is 3.05 bits per heavy atom. The van der Waals surface area contributed by atoms with E-state index in [4.69, 9.17) is 10.8 Å². The molecular weight excluding hydrogens is 274 g/mol. The monoisotopic (exact) mass is 293 g/mol. The third-order valence-corrected chi connectivity index (χ3v) is 4.51. The van der Waals surface area contributed by atoms with E-state index in [1.54, 1.807) is 6.20 Å². The second-order valence-electron chi connectivity index (χ2n) is 4.69. The molecule has 2 aromatic rings. The molecule has 4 N–H and O–H groups in total. The molecule has 0 saturated heterocycles. The highest BCUT2D eigenvalue weighted by atomic mass is 32.1. The lowest BCUT2D eigenvalue weighted by atomic mass is 10.0. The lowest BCUT2D eigenvalue weighted by Gasteiger charge is -2.13. The summed E-state index contributed by atoms with van der Waals surface area (Å²) in [6, 6.07) is 3.73. The van der Waals surface area contributed by atoms with E-state index in [9.17, 15) is 4.79 Å². The Hall–Kier alpha value is -1.66. The zero-order valence-electron chi connectivity index (χ0n) is 11.4. The van der Waals surface area contributed by atoms with Gasteiger partial charge in [-0.05, 0) is 24.5 Å². The van der Waals surface area contributed by atoms with Crippen molar-refractivity contribution in [2.24, 2.45) is 5.92 Å². The van der Waals surface area contributed by atoms with Gasteiger partial charge in [0.05, 0.1) is 10.4 Å². The van der Waals surface area contributed by atoms with Gasteiger partial charge in [0.1, 0.15) is 10.4 Å². The highest BCUT2D eigenvalue weighted by Gasteiger charge is 2.17. The quantitative estimate of drug-likeness (QED) is 0.760. The van der Waals surface area contributed by atoms with E-state index in [-0.39, 0.29) is 18.4 Å². The third kappa shape index (κ3) is 3.08. The van der Waals surface area contributed by atoms with Crippen molar-refractivity contribution in [3.63, 3.8) is 0 Å². The molecule has 2 rings (SSSR count). The van der Waals surface area contributed by atoms with Crippen LogP contribution in [-0.2, 0) is 0 Å². The number of aliphatic hydroxyl groups excluding tert-OH is 1. The average molecular weight is 293 g/mol. The number of aromatic nitrogens is 1. The van der Waals surface area contributed by atoms with Gasteiger partial charge < -0.3 is 16.2 Å². The summed E-state index contributed by atoms with van der Waals surface area (Å²) in [5, 5.41) is 11.8. The lowest BCUT2D eigenvalue weighted by Crippen LogP contribution is -2.29.